The fourth-order valence-electron chi connectivity index (χ4n) is 5.34. The monoisotopic (exact) mass is 613 g/mol. The molecule has 10 heteroatoms. The molecular formula is C32H27N3O4S3. The van der Waals surface area contributed by atoms with Crippen molar-refractivity contribution in [1.29, 1.82) is 0 Å². The second-order valence-corrected chi connectivity index (χ2v) is 12.8. The van der Waals surface area contributed by atoms with Crippen molar-refractivity contribution in [2.24, 2.45) is 0 Å². The van der Waals surface area contributed by atoms with Crippen molar-refractivity contribution in [3.8, 4) is 0 Å². The molecule has 0 spiro atoms. The van der Waals surface area contributed by atoms with E-state index in [9.17, 15) is 19.5 Å². The van der Waals surface area contributed by atoms with Crippen molar-refractivity contribution in [3.05, 3.63) is 109 Å². The molecule has 0 bridgehead atoms. The lowest BCUT2D eigenvalue weighted by molar-refractivity contribution is -0.137. The summed E-state index contributed by atoms with van der Waals surface area (Å²) in [5, 5.41) is 9.53. The number of nitrogens with zero attached hydrogens (tertiary/aromatic N) is 3. The van der Waals surface area contributed by atoms with Crippen molar-refractivity contribution in [3.63, 3.8) is 0 Å². The van der Waals surface area contributed by atoms with Crippen LogP contribution >= 0.6 is 35.3 Å². The number of carbonyl (C=O) groups excluding carboxylic acids is 1. The number of thiocarbonyl (C=S) groups is 1. The van der Waals surface area contributed by atoms with Crippen molar-refractivity contribution in [1.82, 2.24) is 9.47 Å². The largest absolute Gasteiger partial charge is 0.480 e. The van der Waals surface area contributed by atoms with Gasteiger partial charge in [0.25, 0.3) is 11.5 Å². The maximum atomic E-state index is 13.5. The van der Waals surface area contributed by atoms with Crippen LogP contribution in [0.2, 0.25) is 0 Å². The Morgan fingerprint density at radius 2 is 1.71 bits per heavy atom. The Labute approximate surface area is 256 Å². The average Bonchev–Trinajstić information content (AvgIpc) is 3.35. The Bertz CT molecular complexity index is 1940. The molecule has 1 amide bonds. The molecule has 0 saturated carbocycles. The Balaban J connectivity index is 1.49. The van der Waals surface area contributed by atoms with Crippen molar-refractivity contribution in [2.45, 2.75) is 33.2 Å². The fraction of sp³-hybridized carbons (Fsp3) is 0.188. The molecule has 3 aromatic carbocycles. The third kappa shape index (κ3) is 5.10. The molecule has 0 aliphatic carbocycles. The molecule has 3 heterocycles. The van der Waals surface area contributed by atoms with Crippen molar-refractivity contribution in [2.75, 3.05) is 11.4 Å². The van der Waals surface area contributed by atoms with Crippen LogP contribution in [-0.2, 0) is 29.0 Å². The molecule has 0 atom stereocenters. The van der Waals surface area contributed by atoms with Crippen LogP contribution in [0.15, 0.2) is 71.5 Å². The van der Waals surface area contributed by atoms with E-state index in [0.717, 1.165) is 64.1 Å². The molecule has 2 aliphatic heterocycles. The zero-order valence-corrected chi connectivity index (χ0v) is 25.4. The van der Waals surface area contributed by atoms with E-state index in [0.29, 0.717) is 25.0 Å². The summed E-state index contributed by atoms with van der Waals surface area (Å²) in [6, 6.07) is 23.1. The molecule has 7 nitrogen and oxygen atoms in total. The predicted molar refractivity (Wildman–Crippen MR) is 173 cm³/mol. The van der Waals surface area contributed by atoms with Crippen LogP contribution in [0.4, 0.5) is 17.1 Å². The number of thioether (sulfide) groups is 1. The minimum atomic E-state index is -1.16. The number of hydrogen-bond acceptors (Lipinski definition) is 7. The Hall–Kier alpha value is -3.99. The molecular weight excluding hydrogens is 587 g/mol. The zero-order valence-electron chi connectivity index (χ0n) is 23.0. The summed E-state index contributed by atoms with van der Waals surface area (Å²) in [4.78, 5) is 42.2. The second-order valence-electron chi connectivity index (χ2n) is 10.1. The number of aliphatic carboxylic acids is 1. The van der Waals surface area contributed by atoms with Gasteiger partial charge in [-0.1, -0.05) is 65.9 Å². The summed E-state index contributed by atoms with van der Waals surface area (Å²) < 4.78 is 2.24. The third-order valence-corrected chi connectivity index (χ3v) is 10.1. The number of aryl methyl sites for hydroxylation is 3. The predicted octanol–water partition coefficient (Wildman–Crippen LogP) is 4.69. The SMILES string of the molecule is CCN1C(=O)/C(=c2\s/c(=C/c3ccc4c(c3)CCc3ccccc3N4c3ccc(C)cc3)c(=O)n2CC(=O)O)SC1=S. The number of thiazole rings is 1. The number of carboxylic acid groups (broad SMARTS) is 1. The van der Waals surface area contributed by atoms with Gasteiger partial charge in [0.15, 0.2) is 0 Å². The molecule has 0 radical (unpaired) electrons. The van der Waals surface area contributed by atoms with Crippen LogP contribution in [0.3, 0.4) is 0 Å². The third-order valence-electron chi connectivity index (χ3n) is 7.39. The second kappa shape index (κ2) is 11.4. The van der Waals surface area contributed by atoms with Gasteiger partial charge in [-0.05, 0) is 79.8 Å². The molecule has 1 N–H and O–H groups in total. The number of aromatic nitrogens is 1. The first kappa shape index (κ1) is 28.1. The quantitative estimate of drug-likeness (QED) is 0.327. The summed E-state index contributed by atoms with van der Waals surface area (Å²) in [7, 11) is 0. The number of carboxylic acids is 1. The summed E-state index contributed by atoms with van der Waals surface area (Å²) in [6.45, 7) is 3.76. The van der Waals surface area contributed by atoms with Gasteiger partial charge >= 0.3 is 5.97 Å². The summed E-state index contributed by atoms with van der Waals surface area (Å²) >= 11 is 7.58. The van der Waals surface area contributed by atoms with E-state index < -0.39 is 18.1 Å². The normalized spacial score (nSPS) is 16.5. The number of fused-ring (bicyclic) bond motifs is 2. The topological polar surface area (TPSA) is 82.9 Å². The van der Waals surface area contributed by atoms with Gasteiger partial charge in [0.2, 0.25) is 0 Å². The molecule has 6 rings (SSSR count). The van der Waals surface area contributed by atoms with E-state index in [1.807, 2.05) is 13.0 Å². The highest BCUT2D eigenvalue weighted by atomic mass is 32.2. The number of carbonyl (C=O) groups is 2. The molecule has 4 aromatic rings. The highest BCUT2D eigenvalue weighted by molar-refractivity contribution is 8.30. The summed E-state index contributed by atoms with van der Waals surface area (Å²) in [6.07, 6.45) is 3.47. The lowest BCUT2D eigenvalue weighted by Crippen LogP contribution is -2.35. The van der Waals surface area contributed by atoms with Crippen LogP contribution in [0, 0.1) is 6.92 Å². The van der Waals surface area contributed by atoms with Gasteiger partial charge in [-0.25, -0.2) is 0 Å². The zero-order chi connectivity index (χ0) is 29.5. The molecule has 0 unspecified atom stereocenters. The minimum absolute atomic E-state index is 0.290. The fourth-order valence-corrected chi connectivity index (χ4v) is 7.99. The Morgan fingerprint density at radius 3 is 2.43 bits per heavy atom. The van der Waals surface area contributed by atoms with Crippen LogP contribution in [0.1, 0.15) is 29.2 Å². The number of benzene rings is 3. The molecule has 1 fully saturated rings. The first-order chi connectivity index (χ1) is 20.2. The molecule has 2 aliphatic rings. The smallest absolute Gasteiger partial charge is 0.323 e. The molecule has 212 valence electrons. The first-order valence-electron chi connectivity index (χ1n) is 13.5. The number of amides is 1. The van der Waals surface area contributed by atoms with Gasteiger partial charge in [-0.2, -0.15) is 0 Å². The van der Waals surface area contributed by atoms with Crippen molar-refractivity contribution >= 4 is 79.6 Å². The van der Waals surface area contributed by atoms with Gasteiger partial charge in [0.1, 0.15) is 20.4 Å². The number of rotatable bonds is 5. The van der Waals surface area contributed by atoms with E-state index in [1.54, 1.807) is 6.08 Å². The first-order valence-corrected chi connectivity index (χ1v) is 15.6. The maximum Gasteiger partial charge on any atom is 0.323 e. The van der Waals surface area contributed by atoms with Gasteiger partial charge < -0.3 is 10.0 Å². The average molecular weight is 614 g/mol. The minimum Gasteiger partial charge on any atom is -0.480 e. The summed E-state index contributed by atoms with van der Waals surface area (Å²) in [5.41, 5.74) is 7.27. The molecule has 1 aromatic heterocycles. The summed E-state index contributed by atoms with van der Waals surface area (Å²) in [5.74, 6) is -1.46. The van der Waals surface area contributed by atoms with E-state index in [4.69, 9.17) is 12.2 Å². The highest BCUT2D eigenvalue weighted by Crippen LogP contribution is 2.42. The van der Waals surface area contributed by atoms with Crippen molar-refractivity contribution < 1.29 is 14.7 Å². The number of hydrogen-bond donors (Lipinski definition) is 1. The molecule has 42 heavy (non-hydrogen) atoms. The van der Waals surface area contributed by atoms with Gasteiger partial charge in [0.05, 0.1) is 4.53 Å². The van der Waals surface area contributed by atoms with Crippen LogP contribution in [-0.4, -0.2) is 37.3 Å². The van der Waals surface area contributed by atoms with Crippen LogP contribution in [0.5, 0.6) is 0 Å². The maximum absolute atomic E-state index is 13.5. The Morgan fingerprint density at radius 1 is 1.00 bits per heavy atom. The van der Waals surface area contributed by atoms with Gasteiger partial charge in [0, 0.05) is 23.6 Å². The Kier molecular flexibility index (Phi) is 7.61. The lowest BCUT2D eigenvalue weighted by atomic mass is 10.0. The van der Waals surface area contributed by atoms with Crippen LogP contribution in [0.25, 0.3) is 11.0 Å². The highest BCUT2D eigenvalue weighted by Gasteiger charge is 2.33. The van der Waals surface area contributed by atoms with Crippen LogP contribution < -0.4 is 19.7 Å². The number of anilines is 3. The van der Waals surface area contributed by atoms with Gasteiger partial charge in [-0.15, -0.1) is 11.3 Å². The van der Waals surface area contributed by atoms with E-state index in [2.05, 4.69) is 72.5 Å². The van der Waals surface area contributed by atoms with E-state index >= 15 is 0 Å². The number of para-hydroxylation sites is 1. The van der Waals surface area contributed by atoms with Gasteiger partial charge in [-0.3, -0.25) is 23.9 Å². The lowest BCUT2D eigenvalue weighted by Gasteiger charge is -2.27. The standard InChI is InChI=1S/C32H27N3O4S3/c1-3-33-30(39)28(42-32(33)40)31-34(18-27(36)37)29(38)26(41-31)17-20-10-15-25-22(16-20)12-11-21-6-4-5-7-24(21)35(25)23-13-8-19(2)9-14-23/h4-10,13-17H,3,11-12,18H2,1-2H3,(H,36,37)/b26-17+,31-28+. The molecule has 1 saturated heterocycles. The van der Waals surface area contributed by atoms with E-state index in [1.165, 1.54) is 20.6 Å². The van der Waals surface area contributed by atoms with E-state index in [-0.39, 0.29) is 5.91 Å².